The number of hydrogen-bond acceptors (Lipinski definition) is 4. The molecule has 0 radical (unpaired) electrons. The highest BCUT2D eigenvalue weighted by Crippen LogP contribution is 2.16. The zero-order chi connectivity index (χ0) is 10.7. The van der Waals surface area contributed by atoms with E-state index in [2.05, 4.69) is 9.97 Å². The fourth-order valence-electron chi connectivity index (χ4n) is 1.24. The van der Waals surface area contributed by atoms with Crippen LogP contribution in [-0.4, -0.2) is 17.1 Å². The summed E-state index contributed by atoms with van der Waals surface area (Å²) in [6, 6.07) is -0.0260. The highest BCUT2D eigenvalue weighted by molar-refractivity contribution is 5.19. The van der Waals surface area contributed by atoms with Crippen molar-refractivity contribution < 1.29 is 4.74 Å². The molecule has 0 aliphatic carbocycles. The molecule has 0 fully saturated rings. The minimum absolute atomic E-state index is 0.0260. The minimum Gasteiger partial charge on any atom is -0.374 e. The van der Waals surface area contributed by atoms with Gasteiger partial charge in [-0.2, -0.15) is 0 Å². The van der Waals surface area contributed by atoms with E-state index in [0.717, 1.165) is 11.3 Å². The van der Waals surface area contributed by atoms with Gasteiger partial charge in [0.25, 0.3) is 0 Å². The normalized spacial score (nSPS) is 15.2. The second-order valence-electron chi connectivity index (χ2n) is 3.44. The van der Waals surface area contributed by atoms with Crippen molar-refractivity contribution in [1.82, 2.24) is 9.97 Å². The third kappa shape index (κ3) is 2.27. The Morgan fingerprint density at radius 3 is 2.50 bits per heavy atom. The number of methoxy groups -OCH3 is 1. The number of nitrogens with two attached hydrogens (primary N) is 1. The zero-order valence-electron chi connectivity index (χ0n) is 9.11. The molecule has 0 aliphatic rings. The highest BCUT2D eigenvalue weighted by Gasteiger charge is 2.11. The first-order chi connectivity index (χ1) is 6.56. The second-order valence-corrected chi connectivity index (χ2v) is 3.44. The molecule has 4 heteroatoms. The van der Waals surface area contributed by atoms with Crippen LogP contribution < -0.4 is 5.73 Å². The molecule has 0 amide bonds. The largest absolute Gasteiger partial charge is 0.374 e. The Labute approximate surface area is 84.5 Å². The van der Waals surface area contributed by atoms with Crippen LogP contribution in [0.3, 0.4) is 0 Å². The van der Waals surface area contributed by atoms with Crippen molar-refractivity contribution in [3.63, 3.8) is 0 Å². The number of aryl methyl sites for hydroxylation is 1. The minimum atomic E-state index is -0.0733. The molecule has 78 valence electrons. The lowest BCUT2D eigenvalue weighted by Gasteiger charge is -2.12. The molecule has 2 atom stereocenters. The van der Waals surface area contributed by atoms with Crippen LogP contribution in [0.25, 0.3) is 0 Å². The van der Waals surface area contributed by atoms with Crippen LogP contribution in [-0.2, 0) is 4.74 Å². The van der Waals surface area contributed by atoms with Gasteiger partial charge < -0.3 is 10.5 Å². The number of nitrogens with zero attached hydrogens (tertiary/aromatic N) is 2. The summed E-state index contributed by atoms with van der Waals surface area (Å²) >= 11 is 0. The van der Waals surface area contributed by atoms with Crippen molar-refractivity contribution in [2.45, 2.75) is 32.9 Å². The second kappa shape index (κ2) is 4.48. The van der Waals surface area contributed by atoms with Crippen molar-refractivity contribution in [2.24, 2.45) is 5.73 Å². The molecular formula is C10H17N3O. The van der Waals surface area contributed by atoms with E-state index in [1.165, 1.54) is 0 Å². The molecule has 1 rings (SSSR count). The number of aromatic nitrogens is 2. The quantitative estimate of drug-likeness (QED) is 0.794. The average molecular weight is 195 g/mol. The Bertz CT molecular complexity index is 312. The van der Waals surface area contributed by atoms with E-state index in [9.17, 15) is 0 Å². The van der Waals surface area contributed by atoms with Crippen molar-refractivity contribution in [1.29, 1.82) is 0 Å². The van der Waals surface area contributed by atoms with Gasteiger partial charge in [-0.15, -0.1) is 0 Å². The molecule has 1 heterocycles. The van der Waals surface area contributed by atoms with Gasteiger partial charge in [0.2, 0.25) is 0 Å². The van der Waals surface area contributed by atoms with Gasteiger partial charge in [0.15, 0.2) is 5.82 Å². The maximum Gasteiger partial charge on any atom is 0.157 e. The van der Waals surface area contributed by atoms with Gasteiger partial charge in [-0.1, -0.05) is 0 Å². The summed E-state index contributed by atoms with van der Waals surface area (Å²) in [6.45, 7) is 5.78. The maximum absolute atomic E-state index is 5.76. The molecule has 1 aromatic heterocycles. The van der Waals surface area contributed by atoms with Gasteiger partial charge in [0.1, 0.15) is 6.10 Å². The number of ether oxygens (including phenoxy) is 1. The first-order valence-electron chi connectivity index (χ1n) is 4.68. The van der Waals surface area contributed by atoms with E-state index in [0.29, 0.717) is 5.82 Å². The van der Waals surface area contributed by atoms with Crippen molar-refractivity contribution in [2.75, 3.05) is 7.11 Å². The highest BCUT2D eigenvalue weighted by atomic mass is 16.5. The molecule has 1 aromatic rings. The Balaban J connectivity index is 3.00. The molecule has 2 N–H and O–H groups in total. The summed E-state index contributed by atoms with van der Waals surface area (Å²) in [4.78, 5) is 8.56. The monoisotopic (exact) mass is 195 g/mol. The van der Waals surface area contributed by atoms with E-state index in [-0.39, 0.29) is 12.1 Å². The third-order valence-corrected chi connectivity index (χ3v) is 2.24. The Morgan fingerprint density at radius 1 is 1.43 bits per heavy atom. The first-order valence-corrected chi connectivity index (χ1v) is 4.68. The van der Waals surface area contributed by atoms with E-state index < -0.39 is 0 Å². The standard InChI is InChI=1S/C10H17N3O/c1-6(11)9-5-12-10(8(3)14-4)13-7(9)2/h5-6,8H,11H2,1-4H3. The number of rotatable bonds is 3. The first kappa shape index (κ1) is 11.1. The summed E-state index contributed by atoms with van der Waals surface area (Å²) in [5.74, 6) is 0.703. The average Bonchev–Trinajstić information content (AvgIpc) is 2.15. The molecule has 2 unspecified atom stereocenters. The maximum atomic E-state index is 5.76. The molecule has 0 saturated heterocycles. The fraction of sp³-hybridized carbons (Fsp3) is 0.600. The lowest BCUT2D eigenvalue weighted by atomic mass is 10.1. The van der Waals surface area contributed by atoms with Gasteiger partial charge in [-0.05, 0) is 20.8 Å². The number of hydrogen-bond donors (Lipinski definition) is 1. The molecule has 14 heavy (non-hydrogen) atoms. The Morgan fingerprint density at radius 2 is 2.07 bits per heavy atom. The summed E-state index contributed by atoms with van der Waals surface area (Å²) in [6.07, 6.45) is 1.70. The van der Waals surface area contributed by atoms with E-state index in [1.807, 2.05) is 20.8 Å². The third-order valence-electron chi connectivity index (χ3n) is 2.24. The molecule has 4 nitrogen and oxygen atoms in total. The lowest BCUT2D eigenvalue weighted by molar-refractivity contribution is 0.112. The zero-order valence-corrected chi connectivity index (χ0v) is 9.11. The van der Waals surface area contributed by atoms with Crippen LogP contribution in [0.1, 0.15) is 43.1 Å². The van der Waals surface area contributed by atoms with Gasteiger partial charge >= 0.3 is 0 Å². The predicted octanol–water partition coefficient (Wildman–Crippen LogP) is 1.51. The summed E-state index contributed by atoms with van der Waals surface area (Å²) < 4.78 is 5.14. The topological polar surface area (TPSA) is 61.0 Å². The fourth-order valence-corrected chi connectivity index (χ4v) is 1.24. The van der Waals surface area contributed by atoms with Crippen LogP contribution in [0.5, 0.6) is 0 Å². The molecule has 0 spiro atoms. The van der Waals surface area contributed by atoms with Gasteiger partial charge in [0.05, 0.1) is 0 Å². The van der Waals surface area contributed by atoms with Crippen LogP contribution in [0, 0.1) is 6.92 Å². The van der Waals surface area contributed by atoms with Gasteiger partial charge in [-0.3, -0.25) is 0 Å². The SMILES string of the molecule is COC(C)c1ncc(C(C)N)c(C)n1. The van der Waals surface area contributed by atoms with Crippen LogP contribution in [0.2, 0.25) is 0 Å². The Hall–Kier alpha value is -1.00. The van der Waals surface area contributed by atoms with Crippen LogP contribution in [0.15, 0.2) is 6.20 Å². The van der Waals surface area contributed by atoms with Crippen LogP contribution >= 0.6 is 0 Å². The van der Waals surface area contributed by atoms with E-state index >= 15 is 0 Å². The van der Waals surface area contributed by atoms with Gasteiger partial charge in [-0.25, -0.2) is 9.97 Å². The molecular weight excluding hydrogens is 178 g/mol. The predicted molar refractivity (Wildman–Crippen MR) is 54.8 cm³/mol. The van der Waals surface area contributed by atoms with Crippen molar-refractivity contribution >= 4 is 0 Å². The summed E-state index contributed by atoms with van der Waals surface area (Å²) in [7, 11) is 1.64. The van der Waals surface area contributed by atoms with Crippen LogP contribution in [0.4, 0.5) is 0 Å². The molecule has 0 aliphatic heterocycles. The smallest absolute Gasteiger partial charge is 0.157 e. The van der Waals surface area contributed by atoms with Crippen molar-refractivity contribution in [3.8, 4) is 0 Å². The Kier molecular flexibility index (Phi) is 3.55. The summed E-state index contributed by atoms with van der Waals surface area (Å²) in [5, 5.41) is 0. The molecule has 0 aromatic carbocycles. The van der Waals surface area contributed by atoms with Gasteiger partial charge in [0, 0.05) is 30.6 Å². The summed E-state index contributed by atoms with van der Waals surface area (Å²) in [5.41, 5.74) is 7.67. The van der Waals surface area contributed by atoms with Crippen molar-refractivity contribution in [3.05, 3.63) is 23.3 Å². The molecule has 0 bridgehead atoms. The molecule has 0 saturated carbocycles. The van der Waals surface area contributed by atoms with E-state index in [1.54, 1.807) is 13.3 Å². The van der Waals surface area contributed by atoms with E-state index in [4.69, 9.17) is 10.5 Å². The lowest BCUT2D eigenvalue weighted by Crippen LogP contribution is -2.12.